The minimum Gasteiger partial charge on any atom is -0.309 e. The molecule has 0 radical (unpaired) electrons. The highest BCUT2D eigenvalue weighted by Crippen LogP contribution is 2.18. The molecule has 0 amide bonds. The maximum absolute atomic E-state index is 10.5. The zero-order chi connectivity index (χ0) is 13.7. The second kappa shape index (κ2) is 6.45. The van der Waals surface area contributed by atoms with Crippen molar-refractivity contribution in [2.75, 3.05) is 6.54 Å². The van der Waals surface area contributed by atoms with E-state index in [1.165, 1.54) is 4.88 Å². The molecule has 0 unspecified atom stereocenters. The van der Waals surface area contributed by atoms with E-state index in [-0.39, 0.29) is 10.6 Å². The Morgan fingerprint density at radius 3 is 2.63 bits per heavy atom. The zero-order valence-electron chi connectivity index (χ0n) is 10.7. The first kappa shape index (κ1) is 13.7. The second-order valence-electron chi connectivity index (χ2n) is 4.36. The Balaban J connectivity index is 1.81. The Hall–Kier alpha value is -1.72. The smallest absolute Gasteiger partial charge is 0.269 e. The van der Waals surface area contributed by atoms with Gasteiger partial charge >= 0.3 is 0 Å². The van der Waals surface area contributed by atoms with Gasteiger partial charge in [0.05, 0.1) is 4.92 Å². The Kier molecular flexibility index (Phi) is 4.65. The van der Waals surface area contributed by atoms with Gasteiger partial charge in [0, 0.05) is 23.1 Å². The van der Waals surface area contributed by atoms with E-state index in [9.17, 15) is 10.1 Å². The van der Waals surface area contributed by atoms with Crippen LogP contribution < -0.4 is 5.32 Å². The summed E-state index contributed by atoms with van der Waals surface area (Å²) in [5.41, 5.74) is 1.25. The van der Waals surface area contributed by atoms with E-state index >= 15 is 0 Å². The first-order valence-corrected chi connectivity index (χ1v) is 7.05. The number of benzene rings is 1. The van der Waals surface area contributed by atoms with Crippen molar-refractivity contribution in [1.29, 1.82) is 0 Å². The highest BCUT2D eigenvalue weighted by atomic mass is 32.1. The maximum Gasteiger partial charge on any atom is 0.269 e. The second-order valence-corrected chi connectivity index (χ2v) is 5.34. The standard InChI is InChI=1S/C14H16N2O2S/c1-11(14-3-2-10-19-14)15-9-8-12-4-6-13(7-5-12)16(17)18/h2-7,10-11,15H,8-9H2,1H3/t11-/m0/s1. The molecule has 0 fully saturated rings. The van der Waals surface area contributed by atoms with Gasteiger partial charge in [0.2, 0.25) is 0 Å². The Morgan fingerprint density at radius 1 is 1.32 bits per heavy atom. The number of nitro benzene ring substituents is 1. The highest BCUT2D eigenvalue weighted by molar-refractivity contribution is 7.10. The van der Waals surface area contributed by atoms with Gasteiger partial charge in [-0.25, -0.2) is 0 Å². The highest BCUT2D eigenvalue weighted by Gasteiger charge is 2.06. The predicted octanol–water partition coefficient (Wildman–Crippen LogP) is 3.55. The fourth-order valence-electron chi connectivity index (χ4n) is 1.86. The predicted molar refractivity (Wildman–Crippen MR) is 77.5 cm³/mol. The molecule has 19 heavy (non-hydrogen) atoms. The number of hydrogen-bond donors (Lipinski definition) is 1. The molecule has 1 heterocycles. The Morgan fingerprint density at radius 2 is 2.05 bits per heavy atom. The van der Waals surface area contributed by atoms with Crippen LogP contribution in [-0.2, 0) is 6.42 Å². The van der Waals surface area contributed by atoms with Crippen molar-refractivity contribution in [2.24, 2.45) is 0 Å². The molecule has 0 aliphatic heterocycles. The summed E-state index contributed by atoms with van der Waals surface area (Å²) in [7, 11) is 0. The van der Waals surface area contributed by atoms with Gasteiger partial charge in [0.15, 0.2) is 0 Å². The average molecular weight is 276 g/mol. The van der Waals surface area contributed by atoms with Crippen LogP contribution in [0.25, 0.3) is 0 Å². The molecule has 0 bridgehead atoms. The van der Waals surface area contributed by atoms with Gasteiger partial charge in [-0.3, -0.25) is 10.1 Å². The van der Waals surface area contributed by atoms with E-state index in [2.05, 4.69) is 29.8 Å². The van der Waals surface area contributed by atoms with Gasteiger partial charge in [-0.05, 0) is 36.9 Å². The van der Waals surface area contributed by atoms with Crippen molar-refractivity contribution in [1.82, 2.24) is 5.32 Å². The molecule has 0 spiro atoms. The molecular weight excluding hydrogens is 260 g/mol. The van der Waals surface area contributed by atoms with E-state index < -0.39 is 0 Å². The fourth-order valence-corrected chi connectivity index (χ4v) is 2.61. The summed E-state index contributed by atoms with van der Waals surface area (Å²) in [6, 6.07) is 11.3. The lowest BCUT2D eigenvalue weighted by atomic mass is 10.1. The van der Waals surface area contributed by atoms with Gasteiger partial charge in [-0.15, -0.1) is 11.3 Å². The van der Waals surface area contributed by atoms with Crippen LogP contribution in [0.1, 0.15) is 23.4 Å². The molecule has 1 aromatic heterocycles. The molecule has 0 saturated carbocycles. The van der Waals surface area contributed by atoms with Crippen LogP contribution in [-0.4, -0.2) is 11.5 Å². The normalized spacial score (nSPS) is 12.3. The minimum atomic E-state index is -0.374. The van der Waals surface area contributed by atoms with E-state index in [1.807, 2.05) is 12.1 Å². The van der Waals surface area contributed by atoms with Crippen molar-refractivity contribution in [2.45, 2.75) is 19.4 Å². The van der Waals surface area contributed by atoms with Gasteiger partial charge in [-0.2, -0.15) is 0 Å². The number of hydrogen-bond acceptors (Lipinski definition) is 4. The minimum absolute atomic E-state index is 0.142. The molecule has 2 aromatic rings. The molecule has 2 rings (SSSR count). The lowest BCUT2D eigenvalue weighted by molar-refractivity contribution is -0.384. The summed E-state index contributed by atoms with van der Waals surface area (Å²) in [4.78, 5) is 11.5. The van der Waals surface area contributed by atoms with Crippen molar-refractivity contribution >= 4 is 17.0 Å². The van der Waals surface area contributed by atoms with Gasteiger partial charge in [0.1, 0.15) is 0 Å². The van der Waals surface area contributed by atoms with Crippen molar-refractivity contribution in [3.63, 3.8) is 0 Å². The maximum atomic E-state index is 10.5. The zero-order valence-corrected chi connectivity index (χ0v) is 11.5. The van der Waals surface area contributed by atoms with Crippen LogP contribution in [0.15, 0.2) is 41.8 Å². The van der Waals surface area contributed by atoms with Crippen LogP contribution >= 0.6 is 11.3 Å². The lowest BCUT2D eigenvalue weighted by Crippen LogP contribution is -2.20. The summed E-state index contributed by atoms with van der Waals surface area (Å²) in [5, 5.41) is 16.1. The largest absolute Gasteiger partial charge is 0.309 e. The Bertz CT molecular complexity index is 523. The fraction of sp³-hybridized carbons (Fsp3) is 0.286. The third-order valence-electron chi connectivity index (χ3n) is 2.98. The average Bonchev–Trinajstić information content (AvgIpc) is 2.93. The lowest BCUT2D eigenvalue weighted by Gasteiger charge is -2.11. The number of thiophene rings is 1. The molecular formula is C14H16N2O2S. The molecule has 1 atom stereocenters. The van der Waals surface area contributed by atoms with Crippen LogP contribution in [0.3, 0.4) is 0 Å². The molecule has 1 N–H and O–H groups in total. The van der Waals surface area contributed by atoms with Crippen molar-refractivity contribution in [3.05, 3.63) is 62.3 Å². The monoisotopic (exact) mass is 276 g/mol. The molecule has 4 nitrogen and oxygen atoms in total. The summed E-state index contributed by atoms with van der Waals surface area (Å²) < 4.78 is 0. The van der Waals surface area contributed by atoms with Crippen LogP contribution in [0.4, 0.5) is 5.69 Å². The van der Waals surface area contributed by atoms with Gasteiger partial charge in [-0.1, -0.05) is 18.2 Å². The molecule has 1 aromatic carbocycles. The SMILES string of the molecule is C[C@H](NCCc1ccc([N+](=O)[O-])cc1)c1cccs1. The molecule has 0 aliphatic carbocycles. The summed E-state index contributed by atoms with van der Waals surface area (Å²) >= 11 is 1.74. The summed E-state index contributed by atoms with van der Waals surface area (Å²) in [5.74, 6) is 0. The molecule has 0 saturated heterocycles. The van der Waals surface area contributed by atoms with Gasteiger partial charge < -0.3 is 5.32 Å². The van der Waals surface area contributed by atoms with Crippen LogP contribution in [0, 0.1) is 10.1 Å². The topological polar surface area (TPSA) is 55.2 Å². The van der Waals surface area contributed by atoms with Crippen LogP contribution in [0.2, 0.25) is 0 Å². The quantitative estimate of drug-likeness (QED) is 0.648. The van der Waals surface area contributed by atoms with E-state index in [0.29, 0.717) is 6.04 Å². The number of non-ortho nitro benzene ring substituents is 1. The number of nitrogens with one attached hydrogen (secondary N) is 1. The first-order valence-electron chi connectivity index (χ1n) is 6.17. The third-order valence-corrected chi connectivity index (χ3v) is 4.04. The van der Waals surface area contributed by atoms with E-state index in [0.717, 1.165) is 18.5 Å². The summed E-state index contributed by atoms with van der Waals surface area (Å²) in [6.07, 6.45) is 0.869. The third kappa shape index (κ3) is 3.87. The molecule has 100 valence electrons. The van der Waals surface area contributed by atoms with Crippen LogP contribution in [0.5, 0.6) is 0 Å². The first-order chi connectivity index (χ1) is 9.16. The number of nitrogens with zero attached hydrogens (tertiary/aromatic N) is 1. The van der Waals surface area contributed by atoms with Crippen molar-refractivity contribution < 1.29 is 4.92 Å². The Labute approximate surface area is 116 Å². The number of nitro groups is 1. The van der Waals surface area contributed by atoms with Crippen molar-refractivity contribution in [3.8, 4) is 0 Å². The van der Waals surface area contributed by atoms with Gasteiger partial charge in [0.25, 0.3) is 5.69 Å². The molecule has 5 heteroatoms. The van der Waals surface area contributed by atoms with E-state index in [1.54, 1.807) is 23.5 Å². The van der Waals surface area contributed by atoms with E-state index in [4.69, 9.17) is 0 Å². The summed E-state index contributed by atoms with van der Waals surface area (Å²) in [6.45, 7) is 3.00. The number of rotatable bonds is 6. The molecule has 0 aliphatic rings.